The summed E-state index contributed by atoms with van der Waals surface area (Å²) in [7, 11) is 0. The van der Waals surface area contributed by atoms with E-state index in [1.54, 1.807) is 12.1 Å². The van der Waals surface area contributed by atoms with Crippen LogP contribution in [0.4, 0.5) is 0 Å². The summed E-state index contributed by atoms with van der Waals surface area (Å²) in [5.41, 5.74) is 1.36. The first-order valence-corrected chi connectivity index (χ1v) is 7.76. The third kappa shape index (κ3) is 5.23. The van der Waals surface area contributed by atoms with Crippen molar-refractivity contribution in [2.45, 2.75) is 25.8 Å². The largest absolute Gasteiger partial charge is 0.478 e. The second-order valence-corrected chi connectivity index (χ2v) is 6.01. The summed E-state index contributed by atoms with van der Waals surface area (Å²) >= 11 is 3.40. The van der Waals surface area contributed by atoms with Gasteiger partial charge in [0.15, 0.2) is 0 Å². The number of carboxylic acid groups (broad SMARTS) is 1. The van der Waals surface area contributed by atoms with Gasteiger partial charge in [0.25, 0.3) is 0 Å². The first-order chi connectivity index (χ1) is 9.66. The Morgan fingerprint density at radius 1 is 1.45 bits per heavy atom. The fraction of sp³-hybridized carbons (Fsp3) is 0.533. The van der Waals surface area contributed by atoms with Gasteiger partial charge >= 0.3 is 5.97 Å². The number of hydrogen-bond acceptors (Lipinski definition) is 3. The fourth-order valence-electron chi connectivity index (χ4n) is 1.88. The van der Waals surface area contributed by atoms with Crippen molar-refractivity contribution in [1.29, 1.82) is 0 Å². The molecular formula is C15H20BrNO3. The molecule has 0 aromatic heterocycles. The predicted molar refractivity (Wildman–Crippen MR) is 81.0 cm³/mol. The van der Waals surface area contributed by atoms with Crippen LogP contribution < -0.4 is 5.32 Å². The average molecular weight is 342 g/mol. The summed E-state index contributed by atoms with van der Waals surface area (Å²) in [4.78, 5) is 10.8. The standard InChI is InChI=1S/C15H20BrNO3/c16-14-8-12(15(18)19)4-5-13(14)9-17-6-1-7-20-10-11-2-3-11/h4-5,8,11,17H,1-3,6-7,9-10H2,(H,18,19). The van der Waals surface area contributed by atoms with E-state index in [0.29, 0.717) is 5.56 Å². The van der Waals surface area contributed by atoms with E-state index < -0.39 is 5.97 Å². The van der Waals surface area contributed by atoms with Crippen molar-refractivity contribution in [2.24, 2.45) is 5.92 Å². The highest BCUT2D eigenvalue weighted by molar-refractivity contribution is 9.10. The maximum absolute atomic E-state index is 10.8. The molecule has 1 aromatic carbocycles. The molecule has 0 amide bonds. The van der Waals surface area contributed by atoms with Crippen LogP contribution in [0.1, 0.15) is 35.2 Å². The molecule has 0 radical (unpaired) electrons. The van der Waals surface area contributed by atoms with Crippen molar-refractivity contribution in [2.75, 3.05) is 19.8 Å². The molecule has 110 valence electrons. The van der Waals surface area contributed by atoms with Crippen LogP contribution in [0.15, 0.2) is 22.7 Å². The SMILES string of the molecule is O=C(O)c1ccc(CNCCCOCC2CC2)c(Br)c1. The molecule has 2 N–H and O–H groups in total. The minimum atomic E-state index is -0.905. The Hall–Kier alpha value is -0.910. The van der Waals surface area contributed by atoms with E-state index >= 15 is 0 Å². The van der Waals surface area contributed by atoms with Crippen molar-refractivity contribution in [3.63, 3.8) is 0 Å². The van der Waals surface area contributed by atoms with Gasteiger partial charge in [0.2, 0.25) is 0 Å². The van der Waals surface area contributed by atoms with E-state index in [9.17, 15) is 4.79 Å². The second kappa shape index (κ2) is 7.76. The lowest BCUT2D eigenvalue weighted by atomic mass is 10.1. The number of carbonyl (C=O) groups is 1. The third-order valence-electron chi connectivity index (χ3n) is 3.31. The fourth-order valence-corrected chi connectivity index (χ4v) is 2.40. The van der Waals surface area contributed by atoms with Crippen LogP contribution >= 0.6 is 15.9 Å². The minimum absolute atomic E-state index is 0.300. The molecule has 0 heterocycles. The van der Waals surface area contributed by atoms with Gasteiger partial charge in [-0.1, -0.05) is 22.0 Å². The number of ether oxygens (including phenoxy) is 1. The number of nitrogens with one attached hydrogen (secondary N) is 1. The molecule has 0 aliphatic heterocycles. The zero-order valence-electron chi connectivity index (χ0n) is 11.4. The Morgan fingerprint density at radius 3 is 2.90 bits per heavy atom. The zero-order valence-corrected chi connectivity index (χ0v) is 13.0. The highest BCUT2D eigenvalue weighted by atomic mass is 79.9. The molecule has 20 heavy (non-hydrogen) atoms. The molecule has 0 bridgehead atoms. The molecule has 0 saturated heterocycles. The molecule has 1 saturated carbocycles. The quantitative estimate of drug-likeness (QED) is 0.677. The molecular weight excluding hydrogens is 322 g/mol. The first-order valence-electron chi connectivity index (χ1n) is 6.97. The van der Waals surface area contributed by atoms with Gasteiger partial charge in [-0.3, -0.25) is 0 Å². The van der Waals surface area contributed by atoms with Crippen molar-refractivity contribution >= 4 is 21.9 Å². The van der Waals surface area contributed by atoms with Crippen LogP contribution in [0.2, 0.25) is 0 Å². The lowest BCUT2D eigenvalue weighted by molar-refractivity contribution is 0.0697. The van der Waals surface area contributed by atoms with E-state index in [2.05, 4.69) is 21.2 Å². The first kappa shape index (κ1) is 15.5. The van der Waals surface area contributed by atoms with Crippen molar-refractivity contribution in [3.05, 3.63) is 33.8 Å². The maximum atomic E-state index is 10.8. The van der Waals surface area contributed by atoms with Gasteiger partial charge < -0.3 is 15.2 Å². The van der Waals surface area contributed by atoms with E-state index in [-0.39, 0.29) is 0 Å². The number of rotatable bonds is 9. The topological polar surface area (TPSA) is 58.6 Å². The van der Waals surface area contributed by atoms with Crippen LogP contribution in [-0.4, -0.2) is 30.8 Å². The van der Waals surface area contributed by atoms with Gasteiger partial charge in [-0.15, -0.1) is 0 Å². The van der Waals surface area contributed by atoms with E-state index in [1.807, 2.05) is 6.07 Å². The predicted octanol–water partition coefficient (Wildman–Crippen LogP) is 3.05. The normalized spacial score (nSPS) is 14.4. The van der Waals surface area contributed by atoms with E-state index in [0.717, 1.165) is 48.7 Å². The van der Waals surface area contributed by atoms with Crippen molar-refractivity contribution in [3.8, 4) is 0 Å². The lowest BCUT2D eigenvalue weighted by Crippen LogP contribution is -2.17. The third-order valence-corrected chi connectivity index (χ3v) is 4.05. The van der Waals surface area contributed by atoms with E-state index in [1.165, 1.54) is 12.8 Å². The molecule has 1 aliphatic rings. The summed E-state index contributed by atoms with van der Waals surface area (Å²) in [6, 6.07) is 5.10. The molecule has 0 atom stereocenters. The Kier molecular flexibility index (Phi) is 6.01. The molecule has 5 heteroatoms. The monoisotopic (exact) mass is 341 g/mol. The number of hydrogen-bond donors (Lipinski definition) is 2. The Morgan fingerprint density at radius 2 is 2.25 bits per heavy atom. The number of halogens is 1. The van der Waals surface area contributed by atoms with Gasteiger partial charge in [-0.05, 0) is 49.4 Å². The Labute approximate surface area is 127 Å². The van der Waals surface area contributed by atoms with Gasteiger partial charge in [0, 0.05) is 24.2 Å². The van der Waals surface area contributed by atoms with Crippen molar-refractivity contribution < 1.29 is 14.6 Å². The smallest absolute Gasteiger partial charge is 0.335 e. The average Bonchev–Trinajstić information content (AvgIpc) is 3.23. The molecule has 1 aliphatic carbocycles. The Balaban J connectivity index is 1.61. The Bertz CT molecular complexity index is 460. The summed E-state index contributed by atoms with van der Waals surface area (Å²) in [6.07, 6.45) is 3.66. The van der Waals surface area contributed by atoms with Crippen LogP contribution in [-0.2, 0) is 11.3 Å². The van der Waals surface area contributed by atoms with Gasteiger partial charge in [0.05, 0.1) is 5.56 Å². The lowest BCUT2D eigenvalue weighted by Gasteiger charge is -2.08. The van der Waals surface area contributed by atoms with Gasteiger partial charge in [0.1, 0.15) is 0 Å². The molecule has 1 aromatic rings. The number of carboxylic acids is 1. The van der Waals surface area contributed by atoms with E-state index in [4.69, 9.17) is 9.84 Å². The van der Waals surface area contributed by atoms with Gasteiger partial charge in [-0.25, -0.2) is 4.79 Å². The summed E-state index contributed by atoms with van der Waals surface area (Å²) in [6.45, 7) is 3.35. The summed E-state index contributed by atoms with van der Waals surface area (Å²) in [5.74, 6) is -0.0790. The highest BCUT2D eigenvalue weighted by Gasteiger charge is 2.20. The zero-order chi connectivity index (χ0) is 14.4. The molecule has 2 rings (SSSR count). The molecule has 4 nitrogen and oxygen atoms in total. The summed E-state index contributed by atoms with van der Waals surface area (Å²) < 4.78 is 6.39. The van der Waals surface area contributed by atoms with Crippen molar-refractivity contribution in [1.82, 2.24) is 5.32 Å². The minimum Gasteiger partial charge on any atom is -0.478 e. The van der Waals surface area contributed by atoms with Crippen LogP contribution in [0.3, 0.4) is 0 Å². The van der Waals surface area contributed by atoms with Gasteiger partial charge in [-0.2, -0.15) is 0 Å². The second-order valence-electron chi connectivity index (χ2n) is 5.16. The maximum Gasteiger partial charge on any atom is 0.335 e. The van der Waals surface area contributed by atoms with Crippen LogP contribution in [0.25, 0.3) is 0 Å². The summed E-state index contributed by atoms with van der Waals surface area (Å²) in [5, 5.41) is 12.2. The van der Waals surface area contributed by atoms with Crippen LogP contribution in [0, 0.1) is 5.92 Å². The molecule has 1 fully saturated rings. The molecule has 0 spiro atoms. The molecule has 0 unspecified atom stereocenters. The number of aromatic carboxylic acids is 1. The highest BCUT2D eigenvalue weighted by Crippen LogP contribution is 2.28. The number of benzene rings is 1. The van der Waals surface area contributed by atoms with Crippen LogP contribution in [0.5, 0.6) is 0 Å².